The highest BCUT2D eigenvalue weighted by Gasteiger charge is 2.17. The van der Waals surface area contributed by atoms with Crippen LogP contribution in [0.4, 0.5) is 10.1 Å². The van der Waals surface area contributed by atoms with E-state index < -0.39 is 10.7 Å². The van der Waals surface area contributed by atoms with E-state index in [0.29, 0.717) is 4.47 Å². The number of ether oxygens (including phenoxy) is 1. The number of halogens is 2. The Bertz CT molecular complexity index is 646. The summed E-state index contributed by atoms with van der Waals surface area (Å²) in [5, 5.41) is 10.9. The predicted octanol–water partition coefficient (Wildman–Crippen LogP) is 4.60. The van der Waals surface area contributed by atoms with Gasteiger partial charge in [0, 0.05) is 10.5 Å². The highest BCUT2D eigenvalue weighted by molar-refractivity contribution is 9.10. The SMILES string of the molecule is Cc1ccc(F)c(Oc2ccc(Br)cc2[N+](=O)[O-])c1. The van der Waals surface area contributed by atoms with Crippen molar-refractivity contribution in [3.05, 3.63) is 62.4 Å². The Balaban J connectivity index is 2.43. The molecule has 6 heteroatoms. The monoisotopic (exact) mass is 325 g/mol. The van der Waals surface area contributed by atoms with Gasteiger partial charge in [0.15, 0.2) is 11.6 Å². The van der Waals surface area contributed by atoms with Gasteiger partial charge in [-0.1, -0.05) is 22.0 Å². The number of nitro benzene ring substituents is 1. The molecule has 0 bridgehead atoms. The fourth-order valence-electron chi connectivity index (χ4n) is 1.53. The number of nitro groups is 1. The van der Waals surface area contributed by atoms with E-state index in [2.05, 4.69) is 15.9 Å². The first-order chi connectivity index (χ1) is 8.97. The van der Waals surface area contributed by atoms with Gasteiger partial charge in [0.25, 0.3) is 0 Å². The van der Waals surface area contributed by atoms with Crippen molar-refractivity contribution in [3.8, 4) is 11.5 Å². The lowest BCUT2D eigenvalue weighted by Gasteiger charge is -2.08. The molecule has 4 nitrogen and oxygen atoms in total. The Morgan fingerprint density at radius 1 is 1.21 bits per heavy atom. The van der Waals surface area contributed by atoms with Crippen LogP contribution in [0.3, 0.4) is 0 Å². The summed E-state index contributed by atoms with van der Waals surface area (Å²) in [5.41, 5.74) is 0.575. The molecule has 2 aromatic carbocycles. The zero-order valence-corrected chi connectivity index (χ0v) is 11.5. The lowest BCUT2D eigenvalue weighted by molar-refractivity contribution is -0.385. The van der Waals surface area contributed by atoms with Crippen molar-refractivity contribution >= 4 is 21.6 Å². The normalized spacial score (nSPS) is 10.3. The number of hydrogen-bond acceptors (Lipinski definition) is 3. The minimum absolute atomic E-state index is 0.00213. The molecule has 0 aliphatic rings. The van der Waals surface area contributed by atoms with Crippen molar-refractivity contribution in [1.29, 1.82) is 0 Å². The van der Waals surface area contributed by atoms with Crippen LogP contribution in [0.25, 0.3) is 0 Å². The molecule has 2 aromatic rings. The highest BCUT2D eigenvalue weighted by atomic mass is 79.9. The third-order valence-electron chi connectivity index (χ3n) is 2.42. The van der Waals surface area contributed by atoms with Crippen LogP contribution < -0.4 is 4.74 Å². The smallest absolute Gasteiger partial charge is 0.312 e. The maximum atomic E-state index is 13.6. The van der Waals surface area contributed by atoms with Crippen molar-refractivity contribution in [2.24, 2.45) is 0 Å². The van der Waals surface area contributed by atoms with Crippen LogP contribution in [0.5, 0.6) is 11.5 Å². The molecule has 0 spiro atoms. The molecule has 0 unspecified atom stereocenters. The first-order valence-corrected chi connectivity index (χ1v) is 6.14. The Labute approximate surface area is 117 Å². The number of aryl methyl sites for hydroxylation is 1. The van der Waals surface area contributed by atoms with Crippen LogP contribution in [0.15, 0.2) is 40.9 Å². The Morgan fingerprint density at radius 2 is 1.95 bits per heavy atom. The van der Waals surface area contributed by atoms with E-state index in [1.807, 2.05) is 0 Å². The minimum atomic E-state index is -0.576. The number of hydrogen-bond donors (Lipinski definition) is 0. The quantitative estimate of drug-likeness (QED) is 0.612. The van der Waals surface area contributed by atoms with E-state index in [1.54, 1.807) is 19.1 Å². The molecule has 0 aromatic heterocycles. The first-order valence-electron chi connectivity index (χ1n) is 5.35. The average Bonchev–Trinajstić information content (AvgIpc) is 2.35. The van der Waals surface area contributed by atoms with E-state index in [-0.39, 0.29) is 17.2 Å². The fraction of sp³-hybridized carbons (Fsp3) is 0.0769. The van der Waals surface area contributed by atoms with Crippen molar-refractivity contribution < 1.29 is 14.1 Å². The zero-order chi connectivity index (χ0) is 14.0. The van der Waals surface area contributed by atoms with E-state index in [0.717, 1.165) is 5.56 Å². The standard InChI is InChI=1S/C13H9BrFNO3/c1-8-2-4-10(15)13(6-8)19-12-5-3-9(14)7-11(12)16(17)18/h2-7H,1H3. The summed E-state index contributed by atoms with van der Waals surface area (Å²) in [6, 6.07) is 8.66. The second-order valence-electron chi connectivity index (χ2n) is 3.91. The lowest BCUT2D eigenvalue weighted by Crippen LogP contribution is -1.95. The molecular formula is C13H9BrFNO3. The Kier molecular flexibility index (Phi) is 3.80. The molecule has 0 amide bonds. The Hall–Kier alpha value is -1.95. The van der Waals surface area contributed by atoms with Crippen LogP contribution in [0, 0.1) is 22.9 Å². The van der Waals surface area contributed by atoms with Crippen LogP contribution in [-0.2, 0) is 0 Å². The maximum Gasteiger partial charge on any atom is 0.312 e. The number of rotatable bonds is 3. The van der Waals surface area contributed by atoms with Gasteiger partial charge < -0.3 is 4.74 Å². The summed E-state index contributed by atoms with van der Waals surface area (Å²) in [6.07, 6.45) is 0. The van der Waals surface area contributed by atoms with Gasteiger partial charge in [0.1, 0.15) is 0 Å². The zero-order valence-electron chi connectivity index (χ0n) is 9.89. The van der Waals surface area contributed by atoms with E-state index >= 15 is 0 Å². The molecule has 0 saturated carbocycles. The van der Waals surface area contributed by atoms with Gasteiger partial charge in [0.05, 0.1) is 4.92 Å². The van der Waals surface area contributed by atoms with Crippen LogP contribution in [0.2, 0.25) is 0 Å². The van der Waals surface area contributed by atoms with Crippen molar-refractivity contribution in [2.75, 3.05) is 0 Å². The highest BCUT2D eigenvalue weighted by Crippen LogP contribution is 2.34. The summed E-state index contributed by atoms with van der Waals surface area (Å²) in [7, 11) is 0. The second-order valence-corrected chi connectivity index (χ2v) is 4.82. The lowest BCUT2D eigenvalue weighted by atomic mass is 10.2. The van der Waals surface area contributed by atoms with Crippen molar-refractivity contribution in [1.82, 2.24) is 0 Å². The van der Waals surface area contributed by atoms with Gasteiger partial charge >= 0.3 is 5.69 Å². The van der Waals surface area contributed by atoms with Crippen LogP contribution in [0.1, 0.15) is 5.56 Å². The molecule has 0 atom stereocenters. The Morgan fingerprint density at radius 3 is 2.63 bits per heavy atom. The molecule has 0 saturated heterocycles. The van der Waals surface area contributed by atoms with E-state index in [9.17, 15) is 14.5 Å². The molecule has 0 fully saturated rings. The number of benzene rings is 2. The second kappa shape index (κ2) is 5.36. The summed E-state index contributed by atoms with van der Waals surface area (Å²) in [5.74, 6) is -0.606. The first kappa shape index (κ1) is 13.5. The van der Waals surface area contributed by atoms with E-state index in [4.69, 9.17) is 4.74 Å². The molecule has 19 heavy (non-hydrogen) atoms. The van der Waals surface area contributed by atoms with Gasteiger partial charge in [-0.05, 0) is 36.8 Å². The predicted molar refractivity (Wildman–Crippen MR) is 72.0 cm³/mol. The van der Waals surface area contributed by atoms with Crippen molar-refractivity contribution in [3.63, 3.8) is 0 Å². The van der Waals surface area contributed by atoms with Crippen LogP contribution >= 0.6 is 15.9 Å². The summed E-state index contributed by atoms with van der Waals surface area (Å²) >= 11 is 3.14. The summed E-state index contributed by atoms with van der Waals surface area (Å²) in [4.78, 5) is 10.4. The topological polar surface area (TPSA) is 52.4 Å². The van der Waals surface area contributed by atoms with E-state index in [1.165, 1.54) is 24.3 Å². The molecule has 0 N–H and O–H groups in total. The maximum absolute atomic E-state index is 13.6. The van der Waals surface area contributed by atoms with Gasteiger partial charge in [-0.25, -0.2) is 4.39 Å². The molecule has 0 aliphatic heterocycles. The molecule has 2 rings (SSSR count). The van der Waals surface area contributed by atoms with Crippen molar-refractivity contribution in [2.45, 2.75) is 6.92 Å². The van der Waals surface area contributed by atoms with Gasteiger partial charge in [0.2, 0.25) is 5.75 Å². The third kappa shape index (κ3) is 3.08. The van der Waals surface area contributed by atoms with Gasteiger partial charge in [-0.3, -0.25) is 10.1 Å². The van der Waals surface area contributed by atoms with Gasteiger partial charge in [-0.15, -0.1) is 0 Å². The average molecular weight is 326 g/mol. The minimum Gasteiger partial charge on any atom is -0.447 e. The number of nitrogens with zero attached hydrogens (tertiary/aromatic N) is 1. The molecule has 0 heterocycles. The fourth-order valence-corrected chi connectivity index (χ4v) is 1.88. The van der Waals surface area contributed by atoms with Crippen LogP contribution in [-0.4, -0.2) is 4.92 Å². The molecule has 0 radical (unpaired) electrons. The van der Waals surface area contributed by atoms with Gasteiger partial charge in [-0.2, -0.15) is 0 Å². The molecular weight excluding hydrogens is 317 g/mol. The summed E-state index contributed by atoms with van der Waals surface area (Å²) < 4.78 is 19.4. The molecule has 98 valence electrons. The third-order valence-corrected chi connectivity index (χ3v) is 2.92. The summed E-state index contributed by atoms with van der Waals surface area (Å²) in [6.45, 7) is 1.78. The largest absolute Gasteiger partial charge is 0.447 e. The molecule has 0 aliphatic carbocycles.